The third-order valence-corrected chi connectivity index (χ3v) is 4.51. The molecule has 0 saturated heterocycles. The van der Waals surface area contributed by atoms with Crippen LogP contribution in [-0.2, 0) is 19.3 Å². The van der Waals surface area contributed by atoms with Crippen LogP contribution in [-0.4, -0.2) is 40.8 Å². The van der Waals surface area contributed by atoms with Crippen LogP contribution in [0.1, 0.15) is 20.3 Å². The van der Waals surface area contributed by atoms with Crippen molar-refractivity contribution in [2.75, 3.05) is 26.1 Å². The van der Waals surface area contributed by atoms with Crippen molar-refractivity contribution in [3.8, 4) is 5.75 Å². The van der Waals surface area contributed by atoms with Gasteiger partial charge in [-0.1, -0.05) is 0 Å². The molecule has 0 aliphatic heterocycles. The summed E-state index contributed by atoms with van der Waals surface area (Å²) in [4.78, 5) is 0.282. The number of sulfone groups is 1. The summed E-state index contributed by atoms with van der Waals surface area (Å²) >= 11 is 0. The van der Waals surface area contributed by atoms with Gasteiger partial charge in [-0.25, -0.2) is 8.42 Å². The molecule has 0 aromatic heterocycles. The fourth-order valence-electron chi connectivity index (χ4n) is 1.74. The first kappa shape index (κ1) is 16.9. The maximum Gasteiger partial charge on any atom is 0.178 e. The van der Waals surface area contributed by atoms with E-state index in [1.807, 2.05) is 13.8 Å². The van der Waals surface area contributed by atoms with Crippen LogP contribution in [0.3, 0.4) is 0 Å². The lowest BCUT2D eigenvalue weighted by molar-refractivity contribution is -0.136. The number of rotatable bonds is 9. The zero-order chi connectivity index (χ0) is 15.0. The molecule has 5 nitrogen and oxygen atoms in total. The van der Waals surface area contributed by atoms with Crippen LogP contribution < -0.4 is 4.74 Å². The van der Waals surface area contributed by atoms with Crippen molar-refractivity contribution in [3.05, 3.63) is 24.3 Å². The molecule has 1 aromatic carbocycles. The van der Waals surface area contributed by atoms with Crippen LogP contribution in [0.2, 0.25) is 0 Å². The molecule has 0 aliphatic carbocycles. The van der Waals surface area contributed by atoms with Crippen molar-refractivity contribution < 1.29 is 22.6 Å². The van der Waals surface area contributed by atoms with Crippen LogP contribution in [0.15, 0.2) is 29.2 Å². The van der Waals surface area contributed by atoms with Crippen LogP contribution in [0.25, 0.3) is 0 Å². The molecule has 1 rings (SSSR count). The summed E-state index contributed by atoms with van der Waals surface area (Å²) < 4.78 is 40.1. The number of hydrogen-bond donors (Lipinski definition) is 0. The SMILES string of the molecule is CCOC(CCS(=O)(=O)c1ccc(OC)cc1)OCC. The molecule has 0 saturated carbocycles. The predicted molar refractivity (Wildman–Crippen MR) is 76.7 cm³/mol. The minimum atomic E-state index is -3.33. The maximum atomic E-state index is 12.2. The molecule has 0 aliphatic rings. The Morgan fingerprint density at radius 1 is 1.05 bits per heavy atom. The van der Waals surface area contributed by atoms with Gasteiger partial charge in [0, 0.05) is 19.6 Å². The topological polar surface area (TPSA) is 61.8 Å². The van der Waals surface area contributed by atoms with Gasteiger partial charge in [0.25, 0.3) is 0 Å². The highest BCUT2D eigenvalue weighted by molar-refractivity contribution is 7.91. The van der Waals surface area contributed by atoms with Gasteiger partial charge in [-0.05, 0) is 38.1 Å². The molecule has 0 N–H and O–H groups in total. The Bertz CT molecular complexity index is 475. The molecule has 1 aromatic rings. The fourth-order valence-corrected chi connectivity index (χ4v) is 3.03. The monoisotopic (exact) mass is 302 g/mol. The molecule has 0 amide bonds. The van der Waals surface area contributed by atoms with E-state index in [9.17, 15) is 8.42 Å². The number of hydrogen-bond acceptors (Lipinski definition) is 5. The van der Waals surface area contributed by atoms with Gasteiger partial charge >= 0.3 is 0 Å². The van der Waals surface area contributed by atoms with Gasteiger partial charge in [-0.15, -0.1) is 0 Å². The molecule has 20 heavy (non-hydrogen) atoms. The van der Waals surface area contributed by atoms with Crippen LogP contribution in [0, 0.1) is 0 Å². The quantitative estimate of drug-likeness (QED) is 0.655. The van der Waals surface area contributed by atoms with E-state index in [1.165, 1.54) is 7.11 Å². The summed E-state index contributed by atoms with van der Waals surface area (Å²) in [5.74, 6) is 0.620. The molecular formula is C14H22O5S. The summed E-state index contributed by atoms with van der Waals surface area (Å²) in [5, 5.41) is 0. The normalized spacial score (nSPS) is 11.8. The van der Waals surface area contributed by atoms with E-state index in [-0.39, 0.29) is 10.6 Å². The minimum absolute atomic E-state index is 0.00993. The summed E-state index contributed by atoms with van der Waals surface area (Å²) in [6.45, 7) is 4.69. The van der Waals surface area contributed by atoms with Crippen molar-refractivity contribution in [1.82, 2.24) is 0 Å². The second-order valence-electron chi connectivity index (χ2n) is 4.12. The lowest BCUT2D eigenvalue weighted by atomic mass is 10.3. The van der Waals surface area contributed by atoms with E-state index in [0.29, 0.717) is 25.4 Å². The Morgan fingerprint density at radius 3 is 2.05 bits per heavy atom. The molecule has 0 unspecified atom stereocenters. The first-order chi connectivity index (χ1) is 9.53. The average molecular weight is 302 g/mol. The largest absolute Gasteiger partial charge is 0.497 e. The summed E-state index contributed by atoms with van der Waals surface area (Å²) in [6, 6.07) is 6.36. The summed E-state index contributed by atoms with van der Waals surface area (Å²) in [5.41, 5.74) is 0. The highest BCUT2D eigenvalue weighted by Gasteiger charge is 2.18. The number of ether oxygens (including phenoxy) is 3. The minimum Gasteiger partial charge on any atom is -0.497 e. The first-order valence-corrected chi connectivity index (χ1v) is 8.28. The van der Waals surface area contributed by atoms with Gasteiger partial charge in [-0.3, -0.25) is 0 Å². The fraction of sp³-hybridized carbons (Fsp3) is 0.571. The van der Waals surface area contributed by atoms with E-state index in [2.05, 4.69) is 0 Å². The van der Waals surface area contributed by atoms with Gasteiger partial charge < -0.3 is 14.2 Å². The van der Waals surface area contributed by atoms with E-state index < -0.39 is 16.1 Å². The molecule has 0 radical (unpaired) electrons. The molecular weight excluding hydrogens is 280 g/mol. The highest BCUT2D eigenvalue weighted by Crippen LogP contribution is 2.18. The summed E-state index contributed by atoms with van der Waals surface area (Å²) in [6.07, 6.45) is -0.159. The van der Waals surface area contributed by atoms with Gasteiger partial charge in [-0.2, -0.15) is 0 Å². The van der Waals surface area contributed by atoms with Gasteiger partial charge in [0.05, 0.1) is 17.8 Å². The third kappa shape index (κ3) is 5.11. The second kappa shape index (κ2) is 8.24. The lowest BCUT2D eigenvalue weighted by Gasteiger charge is -2.16. The summed E-state index contributed by atoms with van der Waals surface area (Å²) in [7, 11) is -1.79. The highest BCUT2D eigenvalue weighted by atomic mass is 32.2. The standard InChI is InChI=1S/C14H22O5S/c1-4-18-14(19-5-2)10-11-20(15,16)13-8-6-12(17-3)7-9-13/h6-9,14H,4-5,10-11H2,1-3H3. The number of methoxy groups -OCH3 is 1. The van der Waals surface area contributed by atoms with Crippen molar-refractivity contribution in [2.45, 2.75) is 31.5 Å². The Hall–Kier alpha value is -1.11. The molecule has 114 valence electrons. The van der Waals surface area contributed by atoms with Crippen molar-refractivity contribution in [1.29, 1.82) is 0 Å². The van der Waals surface area contributed by atoms with Crippen LogP contribution >= 0.6 is 0 Å². The van der Waals surface area contributed by atoms with Crippen molar-refractivity contribution in [2.24, 2.45) is 0 Å². The Kier molecular flexibility index (Phi) is 6.98. The maximum absolute atomic E-state index is 12.2. The van der Waals surface area contributed by atoms with Crippen LogP contribution in [0.5, 0.6) is 5.75 Å². The van der Waals surface area contributed by atoms with Crippen molar-refractivity contribution >= 4 is 9.84 Å². The molecule has 0 bridgehead atoms. The molecule has 6 heteroatoms. The lowest BCUT2D eigenvalue weighted by Crippen LogP contribution is -2.21. The third-order valence-electron chi connectivity index (χ3n) is 2.75. The average Bonchev–Trinajstić information content (AvgIpc) is 2.45. The van der Waals surface area contributed by atoms with Crippen LogP contribution in [0.4, 0.5) is 0 Å². The molecule has 0 spiro atoms. The van der Waals surface area contributed by atoms with Gasteiger partial charge in [0.2, 0.25) is 0 Å². The Labute approximate surface area is 120 Å². The smallest absolute Gasteiger partial charge is 0.178 e. The Morgan fingerprint density at radius 2 is 1.60 bits per heavy atom. The van der Waals surface area contributed by atoms with Gasteiger partial charge in [0.1, 0.15) is 5.75 Å². The van der Waals surface area contributed by atoms with E-state index in [0.717, 1.165) is 0 Å². The van der Waals surface area contributed by atoms with E-state index in [1.54, 1.807) is 24.3 Å². The number of benzene rings is 1. The molecule has 0 heterocycles. The van der Waals surface area contributed by atoms with Crippen molar-refractivity contribution in [3.63, 3.8) is 0 Å². The zero-order valence-corrected chi connectivity index (χ0v) is 13.0. The van der Waals surface area contributed by atoms with E-state index >= 15 is 0 Å². The molecule has 0 atom stereocenters. The first-order valence-electron chi connectivity index (χ1n) is 6.63. The predicted octanol–water partition coefficient (Wildman–Crippen LogP) is 2.26. The second-order valence-corrected chi connectivity index (χ2v) is 6.23. The molecule has 0 fully saturated rings. The zero-order valence-electron chi connectivity index (χ0n) is 12.2. The Balaban J connectivity index is 2.68. The van der Waals surface area contributed by atoms with E-state index in [4.69, 9.17) is 14.2 Å². The van der Waals surface area contributed by atoms with Gasteiger partial charge in [0.15, 0.2) is 16.1 Å².